The molecule has 0 saturated heterocycles. The van der Waals surface area contributed by atoms with Gasteiger partial charge < -0.3 is 20.9 Å². The Labute approximate surface area is 151 Å². The maximum atomic E-state index is 12.2. The summed E-state index contributed by atoms with van der Waals surface area (Å²) < 4.78 is 0. The summed E-state index contributed by atoms with van der Waals surface area (Å²) in [4.78, 5) is 18.9. The van der Waals surface area contributed by atoms with Gasteiger partial charge >= 0.3 is 0 Å². The molecule has 1 aliphatic rings. The number of carbonyl (C=O) groups is 1. The van der Waals surface area contributed by atoms with Crippen LogP contribution in [0.4, 0.5) is 0 Å². The first kappa shape index (κ1) is 19.2. The van der Waals surface area contributed by atoms with Crippen molar-refractivity contribution in [3.63, 3.8) is 0 Å². The molecule has 2 unspecified atom stereocenters. The normalized spacial score (nSPS) is 19.6. The largest absolute Gasteiger partial charge is 0.357 e. The predicted octanol–water partition coefficient (Wildman–Crippen LogP) is 1.44. The summed E-state index contributed by atoms with van der Waals surface area (Å²) in [7, 11) is 3.98. The molecule has 2 atom stereocenters. The number of likely N-dealkylation sites (N-methyl/N-ethyl adjacent to an activating group) is 1. The number of guanidine groups is 1. The van der Waals surface area contributed by atoms with Crippen molar-refractivity contribution in [3.8, 4) is 0 Å². The van der Waals surface area contributed by atoms with Crippen molar-refractivity contribution in [2.45, 2.75) is 32.9 Å². The number of hydrogen-bond acceptors (Lipinski definition) is 3. The lowest BCUT2D eigenvalue weighted by molar-refractivity contribution is 0.0951. The third-order valence-electron chi connectivity index (χ3n) is 4.23. The highest BCUT2D eigenvalue weighted by atomic mass is 16.1. The first-order valence-electron chi connectivity index (χ1n) is 9.06. The predicted molar refractivity (Wildman–Crippen MR) is 103 cm³/mol. The van der Waals surface area contributed by atoms with Crippen LogP contribution in [0.5, 0.6) is 0 Å². The van der Waals surface area contributed by atoms with E-state index in [0.29, 0.717) is 24.7 Å². The van der Waals surface area contributed by atoms with E-state index in [1.54, 1.807) is 0 Å². The van der Waals surface area contributed by atoms with Gasteiger partial charge in [0, 0.05) is 31.2 Å². The molecule has 0 bridgehead atoms. The van der Waals surface area contributed by atoms with Crippen LogP contribution in [0.15, 0.2) is 29.3 Å². The van der Waals surface area contributed by atoms with Gasteiger partial charge in [-0.2, -0.15) is 0 Å². The number of aliphatic imine (C=N–C) groups is 1. The fraction of sp³-hybridized carbons (Fsp3) is 0.579. The highest BCUT2D eigenvalue weighted by Gasteiger charge is 2.33. The quantitative estimate of drug-likeness (QED) is 0.493. The first-order chi connectivity index (χ1) is 12.0. The third-order valence-corrected chi connectivity index (χ3v) is 4.23. The molecule has 6 heteroatoms. The standard InChI is InChI=1S/C19H31N5O/c1-5-20-19(23-17-11-14(17)2)22-13-15-7-6-8-16(12-15)18(25)21-9-10-24(3)4/h6-8,12,14,17H,5,9-11,13H2,1-4H3,(H,21,25)(H2,20,22,23). The first-order valence-corrected chi connectivity index (χ1v) is 9.06. The van der Waals surface area contributed by atoms with E-state index >= 15 is 0 Å². The third kappa shape index (κ3) is 6.74. The lowest BCUT2D eigenvalue weighted by atomic mass is 10.1. The molecule has 0 spiro atoms. The summed E-state index contributed by atoms with van der Waals surface area (Å²) in [6.45, 7) is 7.15. The van der Waals surface area contributed by atoms with Crippen molar-refractivity contribution in [3.05, 3.63) is 35.4 Å². The lowest BCUT2D eigenvalue weighted by Crippen LogP contribution is -2.39. The fourth-order valence-electron chi connectivity index (χ4n) is 2.50. The number of amides is 1. The van der Waals surface area contributed by atoms with Crippen LogP contribution in [-0.2, 0) is 6.54 Å². The monoisotopic (exact) mass is 345 g/mol. The number of benzene rings is 1. The Morgan fingerprint density at radius 2 is 2.08 bits per heavy atom. The summed E-state index contributed by atoms with van der Waals surface area (Å²) in [6.07, 6.45) is 1.20. The average Bonchev–Trinajstić information content (AvgIpc) is 3.27. The van der Waals surface area contributed by atoms with Crippen LogP contribution < -0.4 is 16.0 Å². The summed E-state index contributed by atoms with van der Waals surface area (Å²) in [6, 6.07) is 8.20. The van der Waals surface area contributed by atoms with Gasteiger partial charge in [-0.1, -0.05) is 19.1 Å². The lowest BCUT2D eigenvalue weighted by Gasteiger charge is -2.12. The van der Waals surface area contributed by atoms with E-state index in [4.69, 9.17) is 0 Å². The second-order valence-electron chi connectivity index (χ2n) is 6.92. The molecule has 1 aliphatic carbocycles. The highest BCUT2D eigenvalue weighted by Crippen LogP contribution is 2.28. The van der Waals surface area contributed by atoms with Crippen LogP contribution in [0.25, 0.3) is 0 Å². The molecule has 1 aromatic carbocycles. The van der Waals surface area contributed by atoms with E-state index in [9.17, 15) is 4.79 Å². The second kappa shape index (κ2) is 9.42. The minimum absolute atomic E-state index is 0.0375. The number of hydrogen-bond donors (Lipinski definition) is 3. The molecule has 2 rings (SSSR count). The summed E-state index contributed by atoms with van der Waals surface area (Å²) in [5.74, 6) is 1.53. The number of nitrogens with zero attached hydrogens (tertiary/aromatic N) is 2. The van der Waals surface area contributed by atoms with Crippen LogP contribution in [-0.4, -0.2) is 56.5 Å². The van der Waals surface area contributed by atoms with Gasteiger partial charge in [-0.15, -0.1) is 0 Å². The molecule has 138 valence electrons. The maximum Gasteiger partial charge on any atom is 0.251 e. The van der Waals surface area contributed by atoms with Gasteiger partial charge in [0.25, 0.3) is 5.91 Å². The summed E-state index contributed by atoms with van der Waals surface area (Å²) in [5.41, 5.74) is 1.71. The van der Waals surface area contributed by atoms with Crippen molar-refractivity contribution in [1.82, 2.24) is 20.9 Å². The smallest absolute Gasteiger partial charge is 0.251 e. The van der Waals surface area contributed by atoms with E-state index in [-0.39, 0.29) is 5.91 Å². The van der Waals surface area contributed by atoms with Gasteiger partial charge in [-0.3, -0.25) is 4.79 Å². The number of carbonyl (C=O) groups excluding carboxylic acids is 1. The van der Waals surface area contributed by atoms with Crippen LogP contribution in [0.2, 0.25) is 0 Å². The number of nitrogens with one attached hydrogen (secondary N) is 3. The average molecular weight is 345 g/mol. The van der Waals surface area contributed by atoms with Crippen molar-refractivity contribution in [2.75, 3.05) is 33.7 Å². The molecule has 25 heavy (non-hydrogen) atoms. The van der Waals surface area contributed by atoms with Gasteiger partial charge in [0.05, 0.1) is 6.54 Å². The van der Waals surface area contributed by atoms with E-state index in [2.05, 4.69) is 34.8 Å². The molecule has 1 aromatic rings. The Morgan fingerprint density at radius 3 is 2.72 bits per heavy atom. The SMILES string of the molecule is CCNC(=NCc1cccc(C(=O)NCCN(C)C)c1)NC1CC1C. The van der Waals surface area contributed by atoms with Crippen molar-refractivity contribution < 1.29 is 4.79 Å². The Bertz CT molecular complexity index is 599. The van der Waals surface area contributed by atoms with Crippen LogP contribution in [0.1, 0.15) is 36.2 Å². The van der Waals surface area contributed by atoms with Gasteiger partial charge in [-0.25, -0.2) is 4.99 Å². The van der Waals surface area contributed by atoms with Crippen LogP contribution in [0.3, 0.4) is 0 Å². The Balaban J connectivity index is 1.92. The zero-order valence-corrected chi connectivity index (χ0v) is 15.8. The Kier molecular flexibility index (Phi) is 7.25. The molecule has 1 amide bonds. The molecule has 1 fully saturated rings. The Hall–Kier alpha value is -2.08. The van der Waals surface area contributed by atoms with Crippen molar-refractivity contribution >= 4 is 11.9 Å². The van der Waals surface area contributed by atoms with E-state index in [1.165, 1.54) is 6.42 Å². The zero-order chi connectivity index (χ0) is 18.2. The summed E-state index contributed by atoms with van der Waals surface area (Å²) >= 11 is 0. The highest BCUT2D eigenvalue weighted by molar-refractivity contribution is 5.94. The van der Waals surface area contributed by atoms with Gasteiger partial charge in [0.2, 0.25) is 0 Å². The molecule has 3 N–H and O–H groups in total. The van der Waals surface area contributed by atoms with Gasteiger partial charge in [0.15, 0.2) is 5.96 Å². The minimum Gasteiger partial charge on any atom is -0.357 e. The Morgan fingerprint density at radius 1 is 1.32 bits per heavy atom. The maximum absolute atomic E-state index is 12.2. The second-order valence-corrected chi connectivity index (χ2v) is 6.92. The van der Waals surface area contributed by atoms with Gasteiger partial charge in [0.1, 0.15) is 0 Å². The molecule has 0 aromatic heterocycles. The molecule has 0 heterocycles. The molecular formula is C19H31N5O. The van der Waals surface area contributed by atoms with Crippen LogP contribution in [0, 0.1) is 5.92 Å². The summed E-state index contributed by atoms with van der Waals surface area (Å²) in [5, 5.41) is 9.66. The molecular weight excluding hydrogens is 314 g/mol. The van der Waals surface area contributed by atoms with Crippen molar-refractivity contribution in [1.29, 1.82) is 0 Å². The van der Waals surface area contributed by atoms with E-state index in [1.807, 2.05) is 43.3 Å². The van der Waals surface area contributed by atoms with E-state index in [0.717, 1.165) is 30.5 Å². The molecule has 0 aliphatic heterocycles. The molecule has 6 nitrogen and oxygen atoms in total. The minimum atomic E-state index is -0.0375. The fourth-order valence-corrected chi connectivity index (χ4v) is 2.50. The number of rotatable bonds is 8. The van der Waals surface area contributed by atoms with Crippen molar-refractivity contribution in [2.24, 2.45) is 10.9 Å². The van der Waals surface area contributed by atoms with Gasteiger partial charge in [-0.05, 0) is 51.1 Å². The molecule has 1 saturated carbocycles. The topological polar surface area (TPSA) is 68.8 Å². The molecule has 0 radical (unpaired) electrons. The zero-order valence-electron chi connectivity index (χ0n) is 15.8. The van der Waals surface area contributed by atoms with E-state index < -0.39 is 0 Å². The van der Waals surface area contributed by atoms with Crippen LogP contribution >= 0.6 is 0 Å².